The fraction of sp³-hybridized carbons (Fsp3) is 0.417. The van der Waals surface area contributed by atoms with E-state index in [9.17, 15) is 13.2 Å². The molecule has 0 spiro atoms. The molecule has 0 aliphatic carbocycles. The van der Waals surface area contributed by atoms with Crippen LogP contribution in [0.25, 0.3) is 0 Å². The van der Waals surface area contributed by atoms with E-state index in [-0.39, 0.29) is 6.61 Å². The number of carbonyl (C=O) groups excluding carboxylic acids is 1. The smallest absolute Gasteiger partial charge is 0.245 e. The molecule has 0 heterocycles. The monoisotopic (exact) mass is 271 g/mol. The number of anilines is 1. The van der Waals surface area contributed by atoms with Crippen LogP contribution in [0.1, 0.15) is 19.4 Å². The number of aliphatic hydroxyl groups excluding tert-OH is 1. The minimum absolute atomic E-state index is 0.140. The Morgan fingerprint density at radius 3 is 2.50 bits per heavy atom. The minimum atomic E-state index is -3.50. The summed E-state index contributed by atoms with van der Waals surface area (Å²) in [5.74, 6) is -0.597. The van der Waals surface area contributed by atoms with Gasteiger partial charge in [-0.05, 0) is 31.5 Å². The molecule has 0 aliphatic heterocycles. The Balaban J connectivity index is 2.95. The third-order valence-corrected chi connectivity index (χ3v) is 4.88. The van der Waals surface area contributed by atoms with Crippen molar-refractivity contribution in [3.05, 3.63) is 29.8 Å². The number of nitrogens with one attached hydrogen (secondary N) is 1. The highest BCUT2D eigenvalue weighted by atomic mass is 32.2. The van der Waals surface area contributed by atoms with Crippen molar-refractivity contribution >= 4 is 21.4 Å². The number of carbonyl (C=O) groups is 1. The molecule has 1 rings (SSSR count). The molecule has 0 aliphatic rings. The zero-order valence-corrected chi connectivity index (χ0v) is 11.4. The van der Waals surface area contributed by atoms with Crippen LogP contribution in [0.5, 0.6) is 0 Å². The zero-order valence-electron chi connectivity index (χ0n) is 10.6. The van der Waals surface area contributed by atoms with Crippen LogP contribution in [0.4, 0.5) is 5.69 Å². The quantitative estimate of drug-likeness (QED) is 0.853. The first-order valence-electron chi connectivity index (χ1n) is 5.39. The highest BCUT2D eigenvalue weighted by molar-refractivity contribution is 7.92. The fourth-order valence-electron chi connectivity index (χ4n) is 1.20. The van der Waals surface area contributed by atoms with Crippen molar-refractivity contribution in [2.45, 2.75) is 25.2 Å². The molecular weight excluding hydrogens is 254 g/mol. The first kappa shape index (κ1) is 14.7. The van der Waals surface area contributed by atoms with Gasteiger partial charge < -0.3 is 10.4 Å². The van der Waals surface area contributed by atoms with Crippen molar-refractivity contribution in [1.29, 1.82) is 0 Å². The molecule has 0 fully saturated rings. The van der Waals surface area contributed by atoms with Gasteiger partial charge in [0.1, 0.15) is 4.75 Å². The number of amides is 1. The van der Waals surface area contributed by atoms with Gasteiger partial charge in [0.05, 0.1) is 6.61 Å². The summed E-state index contributed by atoms with van der Waals surface area (Å²) in [6.07, 6.45) is 1.02. The number of hydrogen-bond donors (Lipinski definition) is 2. The summed E-state index contributed by atoms with van der Waals surface area (Å²) in [4.78, 5) is 11.9. The second kappa shape index (κ2) is 5.07. The predicted octanol–water partition coefficient (Wildman–Crippen LogP) is 0.941. The van der Waals surface area contributed by atoms with Gasteiger partial charge in [0.2, 0.25) is 5.91 Å². The van der Waals surface area contributed by atoms with Crippen molar-refractivity contribution in [2.24, 2.45) is 0 Å². The van der Waals surface area contributed by atoms with E-state index in [1.54, 1.807) is 24.3 Å². The van der Waals surface area contributed by atoms with Crippen LogP contribution in [-0.2, 0) is 21.2 Å². The summed E-state index contributed by atoms with van der Waals surface area (Å²) in [6.45, 7) is 2.57. The number of hydrogen-bond acceptors (Lipinski definition) is 4. The predicted molar refractivity (Wildman–Crippen MR) is 69.9 cm³/mol. The molecule has 6 heteroatoms. The van der Waals surface area contributed by atoms with Gasteiger partial charge >= 0.3 is 0 Å². The lowest BCUT2D eigenvalue weighted by atomic mass is 10.1. The molecule has 1 aromatic carbocycles. The molecule has 1 aromatic rings. The minimum Gasteiger partial charge on any atom is -0.392 e. The summed E-state index contributed by atoms with van der Waals surface area (Å²) < 4.78 is 21.5. The van der Waals surface area contributed by atoms with Crippen LogP contribution in [-0.4, -0.2) is 30.4 Å². The fourth-order valence-corrected chi connectivity index (χ4v) is 1.59. The lowest BCUT2D eigenvalue weighted by Crippen LogP contribution is -2.43. The Hall–Kier alpha value is -1.40. The van der Waals surface area contributed by atoms with Crippen LogP contribution >= 0.6 is 0 Å². The molecule has 0 bridgehead atoms. The molecule has 0 unspecified atom stereocenters. The molecule has 0 radical (unpaired) electrons. The molecule has 0 saturated carbocycles. The van der Waals surface area contributed by atoms with Crippen LogP contribution in [0.15, 0.2) is 24.3 Å². The Morgan fingerprint density at radius 1 is 1.39 bits per heavy atom. The molecule has 1 amide bonds. The maximum atomic E-state index is 11.9. The second-order valence-corrected chi connectivity index (χ2v) is 7.16. The van der Waals surface area contributed by atoms with Crippen molar-refractivity contribution in [3.63, 3.8) is 0 Å². The first-order chi connectivity index (χ1) is 8.18. The Kier molecular flexibility index (Phi) is 4.13. The molecule has 5 nitrogen and oxygen atoms in total. The maximum absolute atomic E-state index is 11.9. The van der Waals surface area contributed by atoms with Crippen LogP contribution in [0.2, 0.25) is 0 Å². The Bertz CT molecular complexity index is 549. The van der Waals surface area contributed by atoms with E-state index in [4.69, 9.17) is 5.11 Å². The van der Waals surface area contributed by atoms with Crippen LogP contribution in [0.3, 0.4) is 0 Å². The van der Waals surface area contributed by atoms with Gasteiger partial charge in [-0.15, -0.1) is 0 Å². The van der Waals surface area contributed by atoms with Gasteiger partial charge in [-0.1, -0.05) is 12.1 Å². The van der Waals surface area contributed by atoms with Crippen molar-refractivity contribution in [1.82, 2.24) is 0 Å². The van der Waals surface area contributed by atoms with E-state index in [0.717, 1.165) is 6.26 Å². The Labute approximate surface area is 107 Å². The normalized spacial score (nSPS) is 12.2. The van der Waals surface area contributed by atoms with E-state index >= 15 is 0 Å². The summed E-state index contributed by atoms with van der Waals surface area (Å²) in [7, 11) is -3.50. The molecule has 0 saturated heterocycles. The Morgan fingerprint density at radius 2 is 2.00 bits per heavy atom. The highest BCUT2D eigenvalue weighted by Gasteiger charge is 2.38. The lowest BCUT2D eigenvalue weighted by molar-refractivity contribution is -0.117. The standard InChI is InChI=1S/C12H17NO4S/c1-12(2,18(3,16)17)11(15)13-10-6-4-5-9(7-10)8-14/h4-7,14H,8H2,1-3H3,(H,13,15). The van der Waals surface area contributed by atoms with Gasteiger partial charge in [0.15, 0.2) is 9.84 Å². The van der Waals surface area contributed by atoms with Crippen molar-refractivity contribution < 1.29 is 18.3 Å². The zero-order chi connectivity index (χ0) is 14.0. The van der Waals surface area contributed by atoms with Gasteiger partial charge in [-0.3, -0.25) is 4.79 Å². The highest BCUT2D eigenvalue weighted by Crippen LogP contribution is 2.19. The van der Waals surface area contributed by atoms with E-state index in [1.807, 2.05) is 0 Å². The molecule has 18 heavy (non-hydrogen) atoms. The maximum Gasteiger partial charge on any atom is 0.245 e. The van der Waals surface area contributed by atoms with E-state index in [1.165, 1.54) is 13.8 Å². The van der Waals surface area contributed by atoms with Crippen LogP contribution < -0.4 is 5.32 Å². The summed E-state index contributed by atoms with van der Waals surface area (Å²) in [6, 6.07) is 6.61. The number of sulfone groups is 1. The van der Waals surface area contributed by atoms with E-state index in [2.05, 4.69) is 5.32 Å². The number of rotatable bonds is 4. The van der Waals surface area contributed by atoms with E-state index < -0.39 is 20.5 Å². The molecular formula is C12H17NO4S. The molecule has 0 aromatic heterocycles. The van der Waals surface area contributed by atoms with Gasteiger partial charge in [0, 0.05) is 11.9 Å². The van der Waals surface area contributed by atoms with Crippen molar-refractivity contribution in [2.75, 3.05) is 11.6 Å². The van der Waals surface area contributed by atoms with Gasteiger partial charge in [-0.25, -0.2) is 8.42 Å². The van der Waals surface area contributed by atoms with Gasteiger partial charge in [0.25, 0.3) is 0 Å². The summed E-state index contributed by atoms with van der Waals surface area (Å²) in [5.41, 5.74) is 1.10. The van der Waals surface area contributed by atoms with E-state index in [0.29, 0.717) is 11.3 Å². The lowest BCUT2D eigenvalue weighted by Gasteiger charge is -2.21. The first-order valence-corrected chi connectivity index (χ1v) is 7.28. The molecule has 100 valence electrons. The second-order valence-electron chi connectivity index (χ2n) is 4.60. The SMILES string of the molecule is CC(C)(C(=O)Nc1cccc(CO)c1)S(C)(=O)=O. The third kappa shape index (κ3) is 3.08. The number of aliphatic hydroxyl groups is 1. The average molecular weight is 271 g/mol. The largest absolute Gasteiger partial charge is 0.392 e. The summed E-state index contributed by atoms with van der Waals surface area (Å²) >= 11 is 0. The number of benzene rings is 1. The van der Waals surface area contributed by atoms with Crippen LogP contribution in [0, 0.1) is 0 Å². The third-order valence-electron chi connectivity index (χ3n) is 2.84. The topological polar surface area (TPSA) is 83.5 Å². The average Bonchev–Trinajstić information content (AvgIpc) is 2.27. The van der Waals surface area contributed by atoms with Crippen molar-refractivity contribution in [3.8, 4) is 0 Å². The van der Waals surface area contributed by atoms with Gasteiger partial charge in [-0.2, -0.15) is 0 Å². The summed E-state index contributed by atoms with van der Waals surface area (Å²) in [5, 5.41) is 11.5. The molecule has 2 N–H and O–H groups in total. The molecule has 0 atom stereocenters.